The molecule has 1 unspecified atom stereocenters. The van der Waals surface area contributed by atoms with Crippen LogP contribution in [-0.4, -0.2) is 60.4 Å². The Morgan fingerprint density at radius 1 is 1.02 bits per heavy atom. The van der Waals surface area contributed by atoms with Gasteiger partial charge in [-0.25, -0.2) is 14.8 Å². The van der Waals surface area contributed by atoms with Gasteiger partial charge in [-0.05, 0) is 18.6 Å². The van der Waals surface area contributed by atoms with Crippen molar-refractivity contribution in [2.24, 2.45) is 5.73 Å². The Bertz CT molecular complexity index is 1400. The minimum atomic E-state index is -5.41. The number of nitrogens with two attached hydrogens (primary N) is 2. The summed E-state index contributed by atoms with van der Waals surface area (Å²) >= 11 is 0. The zero-order valence-corrected chi connectivity index (χ0v) is 19.7. The van der Waals surface area contributed by atoms with Crippen molar-refractivity contribution in [2.75, 3.05) is 5.73 Å². The number of carbonyl (C=O) groups excluding carboxylic acids is 1. The van der Waals surface area contributed by atoms with Gasteiger partial charge in [0.05, 0.1) is 18.1 Å². The largest absolute Gasteiger partial charge is 0.490 e. The zero-order valence-electron chi connectivity index (χ0n) is 19.7. The molecule has 6 N–H and O–H groups in total. The average molecular weight is 588 g/mol. The summed E-state index contributed by atoms with van der Waals surface area (Å²) in [6, 6.07) is 2.98. The van der Waals surface area contributed by atoms with Crippen molar-refractivity contribution < 1.29 is 59.3 Å². The summed E-state index contributed by atoms with van der Waals surface area (Å²) in [4.78, 5) is 28.5. The molecule has 0 saturated carbocycles. The van der Waals surface area contributed by atoms with Gasteiger partial charge in [0.1, 0.15) is 18.1 Å². The van der Waals surface area contributed by atoms with Gasteiger partial charge in [0.2, 0.25) is 0 Å². The molecule has 0 aliphatic heterocycles. The summed E-state index contributed by atoms with van der Waals surface area (Å²) in [5.41, 5.74) is 6.27. The molecular formula is C21H17F9N6O4. The van der Waals surface area contributed by atoms with Crippen LogP contribution in [-0.2, 0) is 21.7 Å². The highest BCUT2D eigenvalue weighted by Gasteiger charge is 2.60. The first kappa shape index (κ1) is 31.8. The molecule has 2 aromatic heterocycles. The number of alkyl halides is 9. The number of nitrogens with zero attached hydrogens (tertiary/aromatic N) is 4. The summed E-state index contributed by atoms with van der Waals surface area (Å²) in [7, 11) is 0. The molecule has 0 bridgehead atoms. The standard InChI is InChI=1S/C19H16F6N6O2.C2HF3O2/c1-9-2-3-11(18(33,16(27)32)19(23,24)25)4-12(9)13-6-28-15(26)14(30-13)10-5-29-31(7-10)8-17(20,21)22;3-2(4,5)1(6)7/h2-7,33H,8H2,1H3,(H2,26,28)(H2,27,32);(H,6,7). The summed E-state index contributed by atoms with van der Waals surface area (Å²) in [6.45, 7) is 0.166. The van der Waals surface area contributed by atoms with Gasteiger partial charge < -0.3 is 21.7 Å². The number of anilines is 1. The van der Waals surface area contributed by atoms with Crippen molar-refractivity contribution >= 4 is 17.7 Å². The molecule has 2 heterocycles. The normalized spacial score (nSPS) is 13.7. The first-order valence-electron chi connectivity index (χ1n) is 10.3. The topological polar surface area (TPSA) is 170 Å². The molecular weight excluding hydrogens is 571 g/mol. The average Bonchev–Trinajstić information content (AvgIpc) is 3.24. The van der Waals surface area contributed by atoms with Gasteiger partial charge in [-0.1, -0.05) is 12.1 Å². The number of hydrogen-bond acceptors (Lipinski definition) is 7. The molecule has 0 saturated heterocycles. The zero-order chi connectivity index (χ0) is 30.8. The molecule has 10 nitrogen and oxygen atoms in total. The maximum Gasteiger partial charge on any atom is 0.490 e. The summed E-state index contributed by atoms with van der Waals surface area (Å²) in [5, 5.41) is 20.8. The number of nitrogen functional groups attached to an aromatic ring is 1. The van der Waals surface area contributed by atoms with Gasteiger partial charge in [0.25, 0.3) is 11.5 Å². The Hall–Kier alpha value is -4.42. The van der Waals surface area contributed by atoms with Crippen LogP contribution in [0.2, 0.25) is 0 Å². The Morgan fingerprint density at radius 2 is 1.60 bits per heavy atom. The minimum Gasteiger partial charge on any atom is -0.475 e. The van der Waals surface area contributed by atoms with Gasteiger partial charge in [0, 0.05) is 22.9 Å². The molecule has 0 aliphatic rings. The second-order valence-corrected chi connectivity index (χ2v) is 7.94. The van der Waals surface area contributed by atoms with Gasteiger partial charge in [-0.2, -0.15) is 44.6 Å². The third-order valence-electron chi connectivity index (χ3n) is 4.99. The maximum absolute atomic E-state index is 13.4. The van der Waals surface area contributed by atoms with Crippen LogP contribution >= 0.6 is 0 Å². The van der Waals surface area contributed by atoms with E-state index in [1.54, 1.807) is 0 Å². The molecule has 218 valence electrons. The number of carboxylic acid groups (broad SMARTS) is 1. The minimum absolute atomic E-state index is 0.0175. The highest BCUT2D eigenvalue weighted by Crippen LogP contribution is 2.40. The van der Waals surface area contributed by atoms with Crippen LogP contribution in [0.25, 0.3) is 22.5 Å². The van der Waals surface area contributed by atoms with Crippen LogP contribution in [0.1, 0.15) is 11.1 Å². The molecule has 0 aliphatic carbocycles. The maximum atomic E-state index is 13.4. The number of amides is 1. The Labute approximate surface area is 217 Å². The van der Waals surface area contributed by atoms with E-state index in [1.165, 1.54) is 13.0 Å². The number of carbonyl (C=O) groups is 2. The third kappa shape index (κ3) is 7.16. The SMILES string of the molecule is Cc1ccc(C(O)(C(N)=O)C(F)(F)F)cc1-c1cnc(N)c(-c2cnn(CC(F)(F)F)c2)n1.O=C(O)C(F)(F)F. The molecule has 3 aromatic rings. The fraction of sp³-hybridized carbons (Fsp3) is 0.286. The summed E-state index contributed by atoms with van der Waals surface area (Å²) in [6.07, 6.45) is -11.8. The van der Waals surface area contributed by atoms with E-state index in [2.05, 4.69) is 15.1 Å². The van der Waals surface area contributed by atoms with Crippen molar-refractivity contribution in [3.05, 3.63) is 47.9 Å². The van der Waals surface area contributed by atoms with E-state index in [4.69, 9.17) is 21.4 Å². The van der Waals surface area contributed by atoms with Gasteiger partial charge >= 0.3 is 24.5 Å². The lowest BCUT2D eigenvalue weighted by molar-refractivity contribution is -0.255. The van der Waals surface area contributed by atoms with Gasteiger partial charge in [0.15, 0.2) is 0 Å². The van der Waals surface area contributed by atoms with Crippen molar-refractivity contribution in [3.8, 4) is 22.5 Å². The van der Waals surface area contributed by atoms with E-state index >= 15 is 0 Å². The third-order valence-corrected chi connectivity index (χ3v) is 4.99. The van der Waals surface area contributed by atoms with E-state index in [1.807, 2.05) is 0 Å². The summed E-state index contributed by atoms with van der Waals surface area (Å²) in [5.74, 6) is -4.94. The van der Waals surface area contributed by atoms with Crippen LogP contribution in [0.15, 0.2) is 36.8 Å². The quantitative estimate of drug-likeness (QED) is 0.329. The fourth-order valence-electron chi connectivity index (χ4n) is 3.07. The Balaban J connectivity index is 0.000000708. The number of aliphatic carboxylic acids is 1. The monoisotopic (exact) mass is 588 g/mol. The number of hydrogen-bond donors (Lipinski definition) is 4. The van der Waals surface area contributed by atoms with Gasteiger partial charge in [-0.15, -0.1) is 0 Å². The number of aromatic nitrogens is 4. The molecule has 1 aromatic carbocycles. The van der Waals surface area contributed by atoms with Gasteiger partial charge in [-0.3, -0.25) is 9.48 Å². The van der Waals surface area contributed by atoms with Crippen LogP contribution in [0.3, 0.4) is 0 Å². The van der Waals surface area contributed by atoms with Crippen molar-refractivity contribution in [2.45, 2.75) is 37.6 Å². The molecule has 0 spiro atoms. The number of carboxylic acids is 1. The highest BCUT2D eigenvalue weighted by molar-refractivity contribution is 5.86. The number of aliphatic hydroxyl groups is 1. The van der Waals surface area contributed by atoms with Crippen molar-refractivity contribution in [1.82, 2.24) is 19.7 Å². The molecule has 0 radical (unpaired) electrons. The highest BCUT2D eigenvalue weighted by atomic mass is 19.4. The number of benzene rings is 1. The predicted molar refractivity (Wildman–Crippen MR) is 117 cm³/mol. The van der Waals surface area contributed by atoms with Crippen LogP contribution < -0.4 is 11.5 Å². The van der Waals surface area contributed by atoms with E-state index in [0.717, 1.165) is 30.7 Å². The number of primary amides is 1. The fourth-order valence-corrected chi connectivity index (χ4v) is 3.07. The van der Waals surface area contributed by atoms with E-state index in [-0.39, 0.29) is 28.3 Å². The second-order valence-electron chi connectivity index (χ2n) is 7.94. The lowest BCUT2D eigenvalue weighted by Gasteiger charge is -2.28. The number of halogens is 9. The molecule has 1 atom stereocenters. The molecule has 40 heavy (non-hydrogen) atoms. The van der Waals surface area contributed by atoms with E-state index in [9.17, 15) is 49.4 Å². The molecule has 19 heteroatoms. The molecule has 0 fully saturated rings. The summed E-state index contributed by atoms with van der Waals surface area (Å²) < 4.78 is 110. The van der Waals surface area contributed by atoms with E-state index < -0.39 is 48.1 Å². The van der Waals surface area contributed by atoms with Crippen LogP contribution in [0.4, 0.5) is 45.3 Å². The number of aryl methyl sites for hydroxylation is 1. The smallest absolute Gasteiger partial charge is 0.475 e. The lowest BCUT2D eigenvalue weighted by atomic mass is 9.89. The first-order valence-corrected chi connectivity index (χ1v) is 10.3. The Morgan fingerprint density at radius 3 is 2.08 bits per heavy atom. The Kier molecular flexibility index (Phi) is 8.73. The predicted octanol–water partition coefficient (Wildman–Crippen LogP) is 3.33. The second kappa shape index (κ2) is 11.0. The molecule has 3 rings (SSSR count). The van der Waals surface area contributed by atoms with E-state index in [0.29, 0.717) is 10.2 Å². The van der Waals surface area contributed by atoms with Crippen molar-refractivity contribution in [3.63, 3.8) is 0 Å². The lowest BCUT2D eigenvalue weighted by Crippen LogP contribution is -2.52. The molecule has 1 amide bonds. The van der Waals surface area contributed by atoms with Crippen LogP contribution in [0, 0.1) is 6.92 Å². The number of rotatable bonds is 5. The van der Waals surface area contributed by atoms with Crippen LogP contribution in [0.5, 0.6) is 0 Å². The van der Waals surface area contributed by atoms with Crippen molar-refractivity contribution in [1.29, 1.82) is 0 Å². The first-order chi connectivity index (χ1) is 18.1.